The van der Waals surface area contributed by atoms with Crippen LogP contribution in [0.15, 0.2) is 16.7 Å². The molecule has 4 aliphatic rings. The molecule has 2 N–H and O–H groups in total. The SMILES string of the molecule is O=C(NCC12CC3CC(CC(C3)C1)C2)c1cc(Br)c[nH]1. The highest BCUT2D eigenvalue weighted by atomic mass is 79.9. The molecule has 108 valence electrons. The Bertz CT molecular complexity index is 501. The van der Waals surface area contributed by atoms with Gasteiger partial charge in [-0.1, -0.05) is 0 Å². The highest BCUT2D eigenvalue weighted by molar-refractivity contribution is 9.10. The molecule has 0 unspecified atom stereocenters. The van der Waals surface area contributed by atoms with E-state index in [1.165, 1.54) is 38.5 Å². The number of aromatic nitrogens is 1. The summed E-state index contributed by atoms with van der Waals surface area (Å²) in [6, 6.07) is 1.84. The minimum atomic E-state index is 0.0337. The van der Waals surface area contributed by atoms with Crippen LogP contribution in [0.25, 0.3) is 0 Å². The maximum Gasteiger partial charge on any atom is 0.267 e. The van der Waals surface area contributed by atoms with Crippen molar-refractivity contribution in [2.75, 3.05) is 6.54 Å². The number of aromatic amines is 1. The van der Waals surface area contributed by atoms with Crippen molar-refractivity contribution < 1.29 is 4.79 Å². The second kappa shape index (κ2) is 4.62. The summed E-state index contributed by atoms with van der Waals surface area (Å²) in [7, 11) is 0. The van der Waals surface area contributed by atoms with Crippen LogP contribution >= 0.6 is 15.9 Å². The molecule has 0 aliphatic heterocycles. The van der Waals surface area contributed by atoms with Crippen LogP contribution in [0.2, 0.25) is 0 Å². The smallest absolute Gasteiger partial charge is 0.267 e. The highest BCUT2D eigenvalue weighted by Crippen LogP contribution is 2.59. The van der Waals surface area contributed by atoms with E-state index in [9.17, 15) is 4.79 Å². The Morgan fingerprint density at radius 1 is 1.25 bits per heavy atom. The average molecular weight is 337 g/mol. The largest absolute Gasteiger partial charge is 0.356 e. The Balaban J connectivity index is 1.43. The first kappa shape index (κ1) is 12.9. The third kappa shape index (κ3) is 2.22. The number of nitrogens with one attached hydrogen (secondary N) is 2. The number of rotatable bonds is 3. The molecule has 4 heteroatoms. The van der Waals surface area contributed by atoms with Crippen LogP contribution in [-0.2, 0) is 0 Å². The summed E-state index contributed by atoms with van der Waals surface area (Å²) in [6.07, 6.45) is 10.2. The summed E-state index contributed by atoms with van der Waals surface area (Å²) in [5.41, 5.74) is 1.07. The number of amides is 1. The van der Waals surface area contributed by atoms with E-state index in [1.54, 1.807) is 6.20 Å². The van der Waals surface area contributed by atoms with Crippen molar-refractivity contribution in [1.82, 2.24) is 10.3 Å². The summed E-state index contributed by atoms with van der Waals surface area (Å²) in [5, 5.41) is 3.18. The maximum atomic E-state index is 12.2. The predicted molar refractivity (Wildman–Crippen MR) is 81.4 cm³/mol. The van der Waals surface area contributed by atoms with Crippen molar-refractivity contribution in [2.24, 2.45) is 23.2 Å². The zero-order valence-corrected chi connectivity index (χ0v) is 13.2. The van der Waals surface area contributed by atoms with Crippen molar-refractivity contribution in [3.63, 3.8) is 0 Å². The monoisotopic (exact) mass is 336 g/mol. The molecule has 0 aromatic carbocycles. The lowest BCUT2D eigenvalue weighted by atomic mass is 9.49. The summed E-state index contributed by atoms with van der Waals surface area (Å²) in [6.45, 7) is 0.867. The van der Waals surface area contributed by atoms with Crippen LogP contribution in [0.1, 0.15) is 49.0 Å². The van der Waals surface area contributed by atoms with E-state index in [0.717, 1.165) is 28.8 Å². The Hall–Kier alpha value is -0.770. The van der Waals surface area contributed by atoms with Crippen molar-refractivity contribution in [3.8, 4) is 0 Å². The zero-order valence-electron chi connectivity index (χ0n) is 11.6. The van der Waals surface area contributed by atoms with Gasteiger partial charge < -0.3 is 10.3 Å². The van der Waals surface area contributed by atoms with Crippen LogP contribution in [-0.4, -0.2) is 17.4 Å². The fraction of sp³-hybridized carbons (Fsp3) is 0.688. The van der Waals surface area contributed by atoms with Gasteiger partial charge in [-0.2, -0.15) is 0 Å². The van der Waals surface area contributed by atoms with E-state index >= 15 is 0 Å². The Morgan fingerprint density at radius 3 is 2.35 bits per heavy atom. The van der Waals surface area contributed by atoms with Gasteiger partial charge in [0.2, 0.25) is 0 Å². The normalized spacial score (nSPS) is 38.1. The third-order valence-electron chi connectivity index (χ3n) is 5.68. The fourth-order valence-corrected chi connectivity index (χ4v) is 5.71. The Labute approximate surface area is 128 Å². The fourth-order valence-electron chi connectivity index (χ4n) is 5.37. The van der Waals surface area contributed by atoms with Crippen molar-refractivity contribution in [1.29, 1.82) is 0 Å². The zero-order chi connectivity index (χ0) is 13.7. The van der Waals surface area contributed by atoms with E-state index < -0.39 is 0 Å². The number of carbonyl (C=O) groups is 1. The number of H-pyrrole nitrogens is 1. The van der Waals surface area contributed by atoms with Crippen LogP contribution in [0.5, 0.6) is 0 Å². The Morgan fingerprint density at radius 2 is 1.85 bits per heavy atom. The molecule has 4 aliphatic carbocycles. The van der Waals surface area contributed by atoms with Crippen LogP contribution < -0.4 is 5.32 Å². The standard InChI is InChI=1S/C16H21BrN2O/c17-13-4-14(18-8-13)15(20)19-9-16-5-10-1-11(6-16)3-12(2-10)7-16/h4,8,10-12,18H,1-3,5-7,9H2,(H,19,20). The molecule has 3 nitrogen and oxygen atoms in total. The average Bonchev–Trinajstić information content (AvgIpc) is 2.81. The van der Waals surface area contributed by atoms with Crippen molar-refractivity contribution in [2.45, 2.75) is 38.5 Å². The Kier molecular flexibility index (Phi) is 2.99. The number of hydrogen-bond donors (Lipinski definition) is 2. The first-order valence-electron chi connectivity index (χ1n) is 7.74. The first-order valence-corrected chi connectivity index (χ1v) is 8.53. The van der Waals surface area contributed by atoms with Crippen molar-refractivity contribution in [3.05, 3.63) is 22.4 Å². The lowest BCUT2D eigenvalue weighted by molar-refractivity contribution is -0.0503. The van der Waals surface area contributed by atoms with E-state index in [4.69, 9.17) is 0 Å². The highest BCUT2D eigenvalue weighted by Gasteiger charge is 2.50. The van der Waals surface area contributed by atoms with Gasteiger partial charge in [0, 0.05) is 17.2 Å². The molecule has 20 heavy (non-hydrogen) atoms. The molecule has 1 heterocycles. The molecule has 0 spiro atoms. The molecule has 0 saturated heterocycles. The molecule has 4 saturated carbocycles. The van der Waals surface area contributed by atoms with Gasteiger partial charge in [0.05, 0.1) is 0 Å². The summed E-state index contributed by atoms with van der Waals surface area (Å²) >= 11 is 3.37. The van der Waals surface area contributed by atoms with Gasteiger partial charge in [-0.15, -0.1) is 0 Å². The quantitative estimate of drug-likeness (QED) is 0.867. The van der Waals surface area contributed by atoms with Gasteiger partial charge in [0.15, 0.2) is 0 Å². The second-order valence-electron chi connectivity index (χ2n) is 7.33. The minimum Gasteiger partial charge on any atom is -0.356 e. The molecule has 4 bridgehead atoms. The van der Waals surface area contributed by atoms with E-state index in [0.29, 0.717) is 11.1 Å². The summed E-state index contributed by atoms with van der Waals surface area (Å²) in [5.74, 6) is 2.86. The van der Waals surface area contributed by atoms with E-state index in [1.807, 2.05) is 6.07 Å². The summed E-state index contributed by atoms with van der Waals surface area (Å²) < 4.78 is 0.928. The first-order chi connectivity index (χ1) is 9.62. The number of hydrogen-bond acceptors (Lipinski definition) is 1. The summed E-state index contributed by atoms with van der Waals surface area (Å²) in [4.78, 5) is 15.2. The topological polar surface area (TPSA) is 44.9 Å². The van der Waals surface area contributed by atoms with Gasteiger partial charge >= 0.3 is 0 Å². The molecule has 1 amide bonds. The molecule has 4 fully saturated rings. The van der Waals surface area contributed by atoms with Crippen LogP contribution in [0.3, 0.4) is 0 Å². The number of carbonyl (C=O) groups excluding carboxylic acids is 1. The third-order valence-corrected chi connectivity index (χ3v) is 6.14. The van der Waals surface area contributed by atoms with E-state index in [-0.39, 0.29) is 5.91 Å². The molecule has 0 atom stereocenters. The van der Waals surface area contributed by atoms with E-state index in [2.05, 4.69) is 26.2 Å². The lowest BCUT2D eigenvalue weighted by Gasteiger charge is -2.56. The van der Waals surface area contributed by atoms with Gasteiger partial charge in [-0.05, 0) is 83.7 Å². The maximum absolute atomic E-state index is 12.2. The van der Waals surface area contributed by atoms with Gasteiger partial charge in [-0.3, -0.25) is 4.79 Å². The van der Waals surface area contributed by atoms with Crippen molar-refractivity contribution >= 4 is 21.8 Å². The molecule has 1 aromatic rings. The lowest BCUT2D eigenvalue weighted by Crippen LogP contribution is -2.51. The predicted octanol–water partition coefficient (Wildman–Crippen LogP) is 3.72. The van der Waals surface area contributed by atoms with Gasteiger partial charge in [0.1, 0.15) is 5.69 Å². The second-order valence-corrected chi connectivity index (χ2v) is 8.25. The van der Waals surface area contributed by atoms with Gasteiger partial charge in [-0.25, -0.2) is 0 Å². The molecule has 1 aromatic heterocycles. The molecule has 5 rings (SSSR count). The molecule has 0 radical (unpaired) electrons. The number of halogens is 1. The minimum absolute atomic E-state index is 0.0337. The van der Waals surface area contributed by atoms with Crippen LogP contribution in [0.4, 0.5) is 0 Å². The molecular weight excluding hydrogens is 316 g/mol. The van der Waals surface area contributed by atoms with Crippen LogP contribution in [0, 0.1) is 23.2 Å². The van der Waals surface area contributed by atoms with Gasteiger partial charge in [0.25, 0.3) is 5.91 Å². The molecular formula is C16H21BrN2O.